The van der Waals surface area contributed by atoms with Gasteiger partial charge >= 0.3 is 0 Å². The minimum absolute atomic E-state index is 0.845. The second-order valence-electron chi connectivity index (χ2n) is 3.87. The molecule has 4 rings (SSSR count). The normalized spacial score (nSPS) is 10.1. The zero-order chi connectivity index (χ0) is 12.9. The lowest BCUT2D eigenvalue weighted by molar-refractivity contribution is 0.602. The van der Waals surface area contributed by atoms with E-state index in [1.807, 2.05) is 48.5 Å². The zero-order valence-corrected chi connectivity index (χ0v) is 10.1. The maximum atomic E-state index is 5.01. The van der Waals surface area contributed by atoms with Crippen molar-refractivity contribution >= 4 is 22.1 Å². The van der Waals surface area contributed by atoms with Crippen LogP contribution in [0.3, 0.4) is 0 Å². The first-order valence-electron chi connectivity index (χ1n) is 5.87. The summed E-state index contributed by atoms with van der Waals surface area (Å²) in [5.74, 6) is 0. The van der Waals surface area contributed by atoms with Gasteiger partial charge in [0.15, 0.2) is 12.0 Å². The number of fused-ring (bicyclic) bond motifs is 2. The third-order valence-electron chi connectivity index (χ3n) is 2.61. The molecule has 0 bridgehead atoms. The SMILES string of the molecule is c1ccc2ocnc2c1.c1cnc2cccnc2c1. The van der Waals surface area contributed by atoms with Crippen molar-refractivity contribution in [1.29, 1.82) is 0 Å². The van der Waals surface area contributed by atoms with Crippen LogP contribution in [0.25, 0.3) is 22.1 Å². The molecule has 3 aromatic heterocycles. The van der Waals surface area contributed by atoms with Gasteiger partial charge < -0.3 is 4.42 Å². The number of hydrogen-bond donors (Lipinski definition) is 0. The molecule has 3 heterocycles. The Morgan fingerprint density at radius 2 is 1.26 bits per heavy atom. The van der Waals surface area contributed by atoms with Crippen molar-refractivity contribution in [2.24, 2.45) is 0 Å². The summed E-state index contributed by atoms with van der Waals surface area (Å²) in [5, 5.41) is 0. The number of oxazole rings is 1. The van der Waals surface area contributed by atoms with Crippen molar-refractivity contribution < 1.29 is 4.42 Å². The predicted molar refractivity (Wildman–Crippen MR) is 73.5 cm³/mol. The standard InChI is InChI=1S/C8H6N2.C7H5NO/c1-3-7-8(9-5-1)4-2-6-10-7;1-2-4-7-6(3-1)8-5-9-7/h1-6H;1-5H. The first kappa shape index (κ1) is 11.3. The fourth-order valence-electron chi connectivity index (χ4n) is 1.71. The molecular formula is C15H11N3O. The lowest BCUT2D eigenvalue weighted by atomic mass is 10.3. The third-order valence-corrected chi connectivity index (χ3v) is 2.61. The number of benzene rings is 1. The van der Waals surface area contributed by atoms with Crippen molar-refractivity contribution in [3.8, 4) is 0 Å². The topological polar surface area (TPSA) is 51.8 Å². The van der Waals surface area contributed by atoms with Crippen LogP contribution in [-0.4, -0.2) is 15.0 Å². The van der Waals surface area contributed by atoms with Gasteiger partial charge in [-0.25, -0.2) is 4.98 Å². The molecule has 92 valence electrons. The lowest BCUT2D eigenvalue weighted by Crippen LogP contribution is -1.78. The van der Waals surface area contributed by atoms with Crippen molar-refractivity contribution in [1.82, 2.24) is 15.0 Å². The Hall–Kier alpha value is -2.75. The van der Waals surface area contributed by atoms with E-state index in [2.05, 4.69) is 15.0 Å². The van der Waals surface area contributed by atoms with E-state index in [9.17, 15) is 0 Å². The van der Waals surface area contributed by atoms with Crippen LogP contribution in [-0.2, 0) is 0 Å². The summed E-state index contributed by atoms with van der Waals surface area (Å²) in [6.07, 6.45) is 4.98. The highest BCUT2D eigenvalue weighted by atomic mass is 16.3. The molecule has 0 spiro atoms. The smallest absolute Gasteiger partial charge is 0.181 e. The molecule has 0 fully saturated rings. The maximum Gasteiger partial charge on any atom is 0.181 e. The van der Waals surface area contributed by atoms with E-state index < -0.39 is 0 Å². The molecule has 0 saturated carbocycles. The molecule has 0 N–H and O–H groups in total. The third kappa shape index (κ3) is 2.57. The van der Waals surface area contributed by atoms with E-state index in [0.29, 0.717) is 0 Å². The van der Waals surface area contributed by atoms with Crippen molar-refractivity contribution in [3.63, 3.8) is 0 Å². The van der Waals surface area contributed by atoms with Crippen LogP contribution in [0.15, 0.2) is 71.7 Å². The average Bonchev–Trinajstić information content (AvgIpc) is 2.96. The molecule has 0 saturated heterocycles. The molecule has 0 radical (unpaired) electrons. The molecule has 0 aliphatic heterocycles. The van der Waals surface area contributed by atoms with Crippen LogP contribution >= 0.6 is 0 Å². The van der Waals surface area contributed by atoms with Gasteiger partial charge in [0.1, 0.15) is 5.52 Å². The molecule has 0 aliphatic carbocycles. The Morgan fingerprint density at radius 3 is 1.95 bits per heavy atom. The van der Waals surface area contributed by atoms with Gasteiger partial charge in [-0.1, -0.05) is 12.1 Å². The van der Waals surface area contributed by atoms with Gasteiger partial charge in [-0.3, -0.25) is 9.97 Å². The van der Waals surface area contributed by atoms with Gasteiger partial charge in [-0.15, -0.1) is 0 Å². The number of hydrogen-bond acceptors (Lipinski definition) is 4. The second-order valence-corrected chi connectivity index (χ2v) is 3.87. The van der Waals surface area contributed by atoms with Crippen LogP contribution < -0.4 is 0 Å². The van der Waals surface area contributed by atoms with Crippen LogP contribution in [0.1, 0.15) is 0 Å². The van der Waals surface area contributed by atoms with E-state index in [1.54, 1.807) is 12.4 Å². The average molecular weight is 249 g/mol. The zero-order valence-electron chi connectivity index (χ0n) is 10.1. The van der Waals surface area contributed by atoms with E-state index >= 15 is 0 Å². The molecule has 1 aromatic carbocycles. The fourth-order valence-corrected chi connectivity index (χ4v) is 1.71. The molecule has 0 amide bonds. The van der Waals surface area contributed by atoms with Crippen LogP contribution in [0.4, 0.5) is 0 Å². The first-order valence-corrected chi connectivity index (χ1v) is 5.87. The molecule has 4 nitrogen and oxygen atoms in total. The van der Waals surface area contributed by atoms with Gasteiger partial charge in [0.2, 0.25) is 0 Å². The molecular weight excluding hydrogens is 238 g/mol. The summed E-state index contributed by atoms with van der Waals surface area (Å²) in [6.45, 7) is 0. The van der Waals surface area contributed by atoms with E-state index in [4.69, 9.17) is 4.42 Å². The monoisotopic (exact) mass is 249 g/mol. The number of rotatable bonds is 0. The Kier molecular flexibility index (Phi) is 3.14. The van der Waals surface area contributed by atoms with E-state index in [0.717, 1.165) is 22.1 Å². The molecule has 19 heavy (non-hydrogen) atoms. The Labute approximate surface area is 109 Å². The van der Waals surface area contributed by atoms with Crippen molar-refractivity contribution in [3.05, 3.63) is 67.3 Å². The number of nitrogens with zero attached hydrogens (tertiary/aromatic N) is 3. The van der Waals surface area contributed by atoms with Gasteiger partial charge in [-0.05, 0) is 36.4 Å². The summed E-state index contributed by atoms with van der Waals surface area (Å²) in [5.41, 5.74) is 3.66. The highest BCUT2D eigenvalue weighted by Gasteiger charge is 1.91. The van der Waals surface area contributed by atoms with Gasteiger partial charge in [0, 0.05) is 12.4 Å². The molecule has 0 aliphatic rings. The summed E-state index contributed by atoms with van der Waals surface area (Å²) < 4.78 is 5.01. The molecule has 0 atom stereocenters. The predicted octanol–water partition coefficient (Wildman–Crippen LogP) is 3.46. The molecule has 4 aromatic rings. The summed E-state index contributed by atoms with van der Waals surface area (Å²) in [7, 11) is 0. The van der Waals surface area contributed by atoms with Gasteiger partial charge in [0.25, 0.3) is 0 Å². The highest BCUT2D eigenvalue weighted by molar-refractivity contribution is 5.73. The van der Waals surface area contributed by atoms with Crippen LogP contribution in [0.2, 0.25) is 0 Å². The number of pyridine rings is 2. The summed E-state index contributed by atoms with van der Waals surface area (Å²) in [4.78, 5) is 12.2. The first-order chi connectivity index (χ1) is 9.43. The van der Waals surface area contributed by atoms with Gasteiger partial charge in [-0.2, -0.15) is 0 Å². The number of para-hydroxylation sites is 2. The number of aromatic nitrogens is 3. The van der Waals surface area contributed by atoms with E-state index in [-0.39, 0.29) is 0 Å². The molecule has 4 heteroatoms. The van der Waals surface area contributed by atoms with Crippen LogP contribution in [0, 0.1) is 0 Å². The molecule has 0 unspecified atom stereocenters. The quantitative estimate of drug-likeness (QED) is 0.479. The maximum absolute atomic E-state index is 5.01. The van der Waals surface area contributed by atoms with Gasteiger partial charge in [0.05, 0.1) is 11.0 Å². The largest absolute Gasteiger partial charge is 0.443 e. The van der Waals surface area contributed by atoms with Crippen molar-refractivity contribution in [2.75, 3.05) is 0 Å². The fraction of sp³-hybridized carbons (Fsp3) is 0. The Balaban J connectivity index is 0.000000117. The Morgan fingerprint density at radius 1 is 0.632 bits per heavy atom. The second kappa shape index (κ2) is 5.27. The minimum atomic E-state index is 0.845. The van der Waals surface area contributed by atoms with Crippen LogP contribution in [0.5, 0.6) is 0 Å². The van der Waals surface area contributed by atoms with Crippen molar-refractivity contribution in [2.45, 2.75) is 0 Å². The van der Waals surface area contributed by atoms with E-state index in [1.165, 1.54) is 6.39 Å². The minimum Gasteiger partial charge on any atom is -0.443 e. The summed E-state index contributed by atoms with van der Waals surface area (Å²) >= 11 is 0. The lowest BCUT2D eigenvalue weighted by Gasteiger charge is -1.90. The highest BCUT2D eigenvalue weighted by Crippen LogP contribution is 2.09. The summed E-state index contributed by atoms with van der Waals surface area (Å²) in [6, 6.07) is 15.3. The Bertz CT molecular complexity index is 699.